The van der Waals surface area contributed by atoms with Crippen molar-refractivity contribution < 1.29 is 32.2 Å². The number of nitrogens with zero attached hydrogens (tertiary/aromatic N) is 1. The number of carbonyl (C=O) groups is 2. The zero-order valence-electron chi connectivity index (χ0n) is 18.3. The van der Waals surface area contributed by atoms with Crippen molar-refractivity contribution in [3.8, 4) is 11.5 Å². The highest BCUT2D eigenvalue weighted by atomic mass is 19.4. The van der Waals surface area contributed by atoms with Gasteiger partial charge in [-0.15, -0.1) is 0 Å². The summed E-state index contributed by atoms with van der Waals surface area (Å²) < 4.78 is 49.2. The van der Waals surface area contributed by atoms with Gasteiger partial charge in [-0.05, 0) is 49.2 Å². The quantitative estimate of drug-likeness (QED) is 0.513. The van der Waals surface area contributed by atoms with Gasteiger partial charge in [-0.3, -0.25) is 9.59 Å². The van der Waals surface area contributed by atoms with Gasteiger partial charge in [-0.2, -0.15) is 13.2 Å². The summed E-state index contributed by atoms with van der Waals surface area (Å²) in [5, 5.41) is 2.71. The number of alkyl halides is 3. The van der Waals surface area contributed by atoms with Crippen LogP contribution in [0.15, 0.2) is 42.5 Å². The number of carbonyl (C=O) groups excluding carboxylic acids is 2. The summed E-state index contributed by atoms with van der Waals surface area (Å²) >= 11 is 0. The Hall–Kier alpha value is -3.23. The highest BCUT2D eigenvalue weighted by Gasteiger charge is 2.41. The number of ether oxygens (including phenoxy) is 2. The fraction of sp³-hybridized carbons (Fsp3) is 0.391. The van der Waals surface area contributed by atoms with Crippen LogP contribution in [0.1, 0.15) is 42.6 Å². The van der Waals surface area contributed by atoms with E-state index in [0.29, 0.717) is 39.8 Å². The SMILES string of the molecule is CCCCOc1ccc(C(=O)Nc2cccc(CN(CC)C(=O)C(F)(F)F)c2)cc1OC. The molecule has 2 aromatic carbocycles. The van der Waals surface area contributed by atoms with Crippen molar-refractivity contribution >= 4 is 17.5 Å². The number of amides is 2. The summed E-state index contributed by atoms with van der Waals surface area (Å²) in [4.78, 5) is 24.9. The molecule has 2 rings (SSSR count). The van der Waals surface area contributed by atoms with Crippen molar-refractivity contribution in [2.45, 2.75) is 39.4 Å². The standard InChI is InChI=1S/C23H27F3N2O4/c1-4-6-12-32-19-11-10-17(14-20(19)31-3)21(29)27-18-9-7-8-16(13-18)15-28(5-2)22(30)23(24,25)26/h7-11,13-14H,4-6,12,15H2,1-3H3,(H,27,29). The van der Waals surface area contributed by atoms with Crippen molar-refractivity contribution in [2.24, 2.45) is 0 Å². The molecule has 0 unspecified atom stereocenters. The molecule has 0 aliphatic rings. The first kappa shape index (κ1) is 25.0. The van der Waals surface area contributed by atoms with Crippen LogP contribution in [0.4, 0.5) is 18.9 Å². The Bertz CT molecular complexity index is 932. The molecule has 2 aromatic rings. The molecule has 0 fully saturated rings. The molecule has 9 heteroatoms. The van der Waals surface area contributed by atoms with Crippen LogP contribution < -0.4 is 14.8 Å². The normalized spacial score (nSPS) is 11.1. The monoisotopic (exact) mass is 452 g/mol. The Balaban J connectivity index is 2.11. The van der Waals surface area contributed by atoms with Crippen LogP contribution in [-0.4, -0.2) is 43.2 Å². The van der Waals surface area contributed by atoms with Gasteiger partial charge in [0.15, 0.2) is 11.5 Å². The number of hydrogen-bond acceptors (Lipinski definition) is 4. The Morgan fingerprint density at radius 3 is 2.44 bits per heavy atom. The molecule has 174 valence electrons. The molecule has 0 radical (unpaired) electrons. The zero-order chi connectivity index (χ0) is 23.7. The Morgan fingerprint density at radius 1 is 1.06 bits per heavy atom. The van der Waals surface area contributed by atoms with Crippen molar-refractivity contribution in [3.63, 3.8) is 0 Å². The van der Waals surface area contributed by atoms with Crippen LogP contribution in [-0.2, 0) is 11.3 Å². The molecular weight excluding hydrogens is 425 g/mol. The molecule has 0 spiro atoms. The second kappa shape index (κ2) is 11.4. The van der Waals surface area contributed by atoms with E-state index in [2.05, 4.69) is 12.2 Å². The van der Waals surface area contributed by atoms with E-state index in [1.807, 2.05) is 0 Å². The smallest absolute Gasteiger partial charge is 0.471 e. The molecule has 1 N–H and O–H groups in total. The third-order valence-electron chi connectivity index (χ3n) is 4.65. The number of hydrogen-bond donors (Lipinski definition) is 1. The minimum Gasteiger partial charge on any atom is -0.493 e. The van der Waals surface area contributed by atoms with Crippen LogP contribution >= 0.6 is 0 Å². The molecule has 32 heavy (non-hydrogen) atoms. The van der Waals surface area contributed by atoms with Gasteiger partial charge >= 0.3 is 12.1 Å². The maximum Gasteiger partial charge on any atom is 0.471 e. The van der Waals surface area contributed by atoms with Crippen LogP contribution in [0.25, 0.3) is 0 Å². The molecule has 0 aliphatic heterocycles. The van der Waals surface area contributed by atoms with E-state index in [1.165, 1.54) is 20.1 Å². The van der Waals surface area contributed by atoms with Gasteiger partial charge in [-0.1, -0.05) is 25.5 Å². The highest BCUT2D eigenvalue weighted by molar-refractivity contribution is 6.04. The maximum atomic E-state index is 12.7. The molecule has 0 saturated carbocycles. The third-order valence-corrected chi connectivity index (χ3v) is 4.65. The van der Waals surface area contributed by atoms with Gasteiger partial charge in [0.1, 0.15) is 0 Å². The maximum absolute atomic E-state index is 12.7. The van der Waals surface area contributed by atoms with Gasteiger partial charge in [-0.25, -0.2) is 0 Å². The van der Waals surface area contributed by atoms with E-state index >= 15 is 0 Å². The molecular formula is C23H27F3N2O4. The molecule has 0 aliphatic carbocycles. The predicted octanol–water partition coefficient (Wildman–Crippen LogP) is 5.04. The van der Waals surface area contributed by atoms with E-state index < -0.39 is 18.0 Å². The minimum absolute atomic E-state index is 0.0958. The number of nitrogens with one attached hydrogen (secondary N) is 1. The number of unbranched alkanes of at least 4 members (excludes halogenated alkanes) is 1. The second-order valence-electron chi connectivity index (χ2n) is 7.04. The van der Waals surface area contributed by atoms with Gasteiger partial charge in [0.2, 0.25) is 0 Å². The predicted molar refractivity (Wildman–Crippen MR) is 115 cm³/mol. The lowest BCUT2D eigenvalue weighted by atomic mass is 10.1. The number of benzene rings is 2. The van der Waals surface area contributed by atoms with Crippen molar-refractivity contribution in [2.75, 3.05) is 25.6 Å². The lowest BCUT2D eigenvalue weighted by Crippen LogP contribution is -2.40. The van der Waals surface area contributed by atoms with E-state index in [1.54, 1.807) is 36.4 Å². The Kier molecular flexibility index (Phi) is 8.92. The van der Waals surface area contributed by atoms with Gasteiger partial charge in [0.05, 0.1) is 13.7 Å². The lowest BCUT2D eigenvalue weighted by molar-refractivity contribution is -0.185. The molecule has 0 heterocycles. The third kappa shape index (κ3) is 6.90. The number of halogens is 3. The fourth-order valence-electron chi connectivity index (χ4n) is 2.93. The van der Waals surface area contributed by atoms with Crippen LogP contribution in [0.5, 0.6) is 11.5 Å². The average Bonchev–Trinajstić information content (AvgIpc) is 2.76. The van der Waals surface area contributed by atoms with Crippen LogP contribution in [0.2, 0.25) is 0 Å². The van der Waals surface area contributed by atoms with E-state index in [9.17, 15) is 22.8 Å². The van der Waals surface area contributed by atoms with Crippen LogP contribution in [0.3, 0.4) is 0 Å². The fourth-order valence-corrected chi connectivity index (χ4v) is 2.93. The van der Waals surface area contributed by atoms with E-state index in [0.717, 1.165) is 12.8 Å². The highest BCUT2D eigenvalue weighted by Crippen LogP contribution is 2.29. The number of methoxy groups -OCH3 is 1. The van der Waals surface area contributed by atoms with Gasteiger partial charge in [0.25, 0.3) is 5.91 Å². The van der Waals surface area contributed by atoms with E-state index in [4.69, 9.17) is 9.47 Å². The summed E-state index contributed by atoms with van der Waals surface area (Å²) in [7, 11) is 1.48. The Morgan fingerprint density at radius 2 is 1.81 bits per heavy atom. The van der Waals surface area contributed by atoms with Gasteiger partial charge in [0, 0.05) is 24.3 Å². The van der Waals surface area contributed by atoms with Crippen molar-refractivity contribution in [3.05, 3.63) is 53.6 Å². The van der Waals surface area contributed by atoms with Gasteiger partial charge < -0.3 is 19.7 Å². The Labute approximate surface area is 185 Å². The minimum atomic E-state index is -4.94. The summed E-state index contributed by atoms with van der Waals surface area (Å²) in [5.41, 5.74) is 1.18. The van der Waals surface area contributed by atoms with Crippen molar-refractivity contribution in [1.29, 1.82) is 0 Å². The van der Waals surface area contributed by atoms with Crippen molar-refractivity contribution in [1.82, 2.24) is 4.90 Å². The largest absolute Gasteiger partial charge is 0.493 e. The molecule has 6 nitrogen and oxygen atoms in total. The van der Waals surface area contributed by atoms with E-state index in [-0.39, 0.29) is 13.1 Å². The first-order valence-electron chi connectivity index (χ1n) is 10.3. The lowest BCUT2D eigenvalue weighted by Gasteiger charge is -2.22. The molecule has 0 aromatic heterocycles. The molecule has 0 saturated heterocycles. The first-order chi connectivity index (χ1) is 15.2. The number of rotatable bonds is 10. The zero-order valence-corrected chi connectivity index (χ0v) is 18.3. The summed E-state index contributed by atoms with van der Waals surface area (Å²) in [6.07, 6.45) is -3.05. The average molecular weight is 452 g/mol. The summed E-state index contributed by atoms with van der Waals surface area (Å²) in [6.45, 7) is 3.74. The summed E-state index contributed by atoms with van der Waals surface area (Å²) in [5.74, 6) is -1.36. The number of anilines is 1. The molecule has 0 bridgehead atoms. The summed E-state index contributed by atoms with van der Waals surface area (Å²) in [6, 6.07) is 11.1. The topological polar surface area (TPSA) is 67.9 Å². The second-order valence-corrected chi connectivity index (χ2v) is 7.04. The first-order valence-corrected chi connectivity index (χ1v) is 10.3. The molecule has 0 atom stereocenters. The molecule has 2 amide bonds. The van der Waals surface area contributed by atoms with Crippen LogP contribution in [0, 0.1) is 0 Å².